The highest BCUT2D eigenvalue weighted by molar-refractivity contribution is 5.49. The molecule has 0 unspecified atom stereocenters. The van der Waals surface area contributed by atoms with Crippen LogP contribution in [0.3, 0.4) is 0 Å². The molecule has 0 aliphatic rings. The first-order chi connectivity index (χ1) is 9.92. The second kappa shape index (κ2) is 5.50. The smallest absolute Gasteiger partial charge is 0.314 e. The average Bonchev–Trinajstić information content (AvgIpc) is 2.43. The van der Waals surface area contributed by atoms with Gasteiger partial charge in [0.2, 0.25) is 5.75 Å². The van der Waals surface area contributed by atoms with E-state index in [0.717, 1.165) is 12.1 Å². The van der Waals surface area contributed by atoms with Gasteiger partial charge in [0.1, 0.15) is 5.82 Å². The molecule has 2 aromatic rings. The minimum atomic E-state index is -1.20. The monoisotopic (exact) mass is 294 g/mol. The van der Waals surface area contributed by atoms with Crippen LogP contribution >= 0.6 is 0 Å². The summed E-state index contributed by atoms with van der Waals surface area (Å²) in [5, 5.41) is 19.3. The van der Waals surface area contributed by atoms with Crippen LogP contribution < -0.4 is 4.74 Å². The van der Waals surface area contributed by atoms with E-state index in [0.29, 0.717) is 18.2 Å². The zero-order chi connectivity index (χ0) is 15.6. The summed E-state index contributed by atoms with van der Waals surface area (Å²) >= 11 is 0. The molecule has 0 aliphatic heterocycles. The summed E-state index contributed by atoms with van der Waals surface area (Å²) in [6.07, 6.45) is 0. The van der Waals surface area contributed by atoms with E-state index in [4.69, 9.17) is 10.00 Å². The van der Waals surface area contributed by atoms with Crippen molar-refractivity contribution in [1.29, 1.82) is 5.26 Å². The molecule has 21 heavy (non-hydrogen) atoms. The topological polar surface area (TPSA) is 76.2 Å². The van der Waals surface area contributed by atoms with Gasteiger partial charge in [-0.2, -0.15) is 5.26 Å². The van der Waals surface area contributed by atoms with E-state index in [1.165, 1.54) is 0 Å². The molecule has 0 bridgehead atoms. The Labute approximate surface area is 116 Å². The zero-order valence-corrected chi connectivity index (χ0v) is 10.1. The van der Waals surface area contributed by atoms with Gasteiger partial charge in [0.05, 0.1) is 22.6 Å². The molecule has 0 aliphatic carbocycles. The van der Waals surface area contributed by atoms with Crippen LogP contribution in [0.25, 0.3) is 0 Å². The third-order valence-electron chi connectivity index (χ3n) is 2.46. The van der Waals surface area contributed by atoms with Crippen LogP contribution in [-0.2, 0) is 0 Å². The number of nitro groups is 1. The van der Waals surface area contributed by atoms with Crippen LogP contribution in [0.15, 0.2) is 30.3 Å². The molecule has 0 aromatic heterocycles. The molecule has 0 spiro atoms. The highest BCUT2D eigenvalue weighted by Crippen LogP contribution is 2.34. The number of ether oxygens (including phenoxy) is 1. The highest BCUT2D eigenvalue weighted by Gasteiger charge is 2.21. The Morgan fingerprint density at radius 2 is 1.76 bits per heavy atom. The van der Waals surface area contributed by atoms with Crippen molar-refractivity contribution in [3.63, 3.8) is 0 Å². The highest BCUT2D eigenvalue weighted by atomic mass is 19.1. The van der Waals surface area contributed by atoms with Crippen molar-refractivity contribution in [1.82, 2.24) is 0 Å². The van der Waals surface area contributed by atoms with E-state index in [1.54, 1.807) is 6.07 Å². The van der Waals surface area contributed by atoms with Gasteiger partial charge in [-0.25, -0.2) is 13.2 Å². The summed E-state index contributed by atoms with van der Waals surface area (Å²) < 4.78 is 45.0. The van der Waals surface area contributed by atoms with Crippen LogP contribution in [0, 0.1) is 38.9 Å². The van der Waals surface area contributed by atoms with Gasteiger partial charge < -0.3 is 4.74 Å². The zero-order valence-electron chi connectivity index (χ0n) is 10.1. The maximum atomic E-state index is 13.6. The maximum absolute atomic E-state index is 13.6. The molecular weight excluding hydrogens is 289 g/mol. The van der Waals surface area contributed by atoms with Crippen molar-refractivity contribution in [3.05, 3.63) is 63.5 Å². The molecule has 0 saturated heterocycles. The second-order valence-electron chi connectivity index (χ2n) is 3.85. The van der Waals surface area contributed by atoms with Gasteiger partial charge in [-0.1, -0.05) is 0 Å². The fourth-order valence-corrected chi connectivity index (χ4v) is 1.55. The summed E-state index contributed by atoms with van der Waals surface area (Å²) in [5.41, 5.74) is -1.05. The third kappa shape index (κ3) is 2.92. The van der Waals surface area contributed by atoms with E-state index in [-0.39, 0.29) is 5.56 Å². The summed E-state index contributed by atoms with van der Waals surface area (Å²) in [6.45, 7) is 0. The Kier molecular flexibility index (Phi) is 3.75. The standard InChI is InChI=1S/C13H5F3N2O3/c14-8-1-2-12(11(5-8)18(19)20)21-13-9(15)3-7(6-17)4-10(13)16/h1-5H. The average molecular weight is 294 g/mol. The van der Waals surface area contributed by atoms with Gasteiger partial charge in [0, 0.05) is 0 Å². The summed E-state index contributed by atoms with van der Waals surface area (Å²) in [7, 11) is 0. The molecule has 2 aromatic carbocycles. The number of rotatable bonds is 3. The van der Waals surface area contributed by atoms with Crippen molar-refractivity contribution in [3.8, 4) is 17.6 Å². The van der Waals surface area contributed by atoms with Crippen molar-refractivity contribution >= 4 is 5.69 Å². The molecule has 5 nitrogen and oxygen atoms in total. The Balaban J connectivity index is 2.49. The number of halogens is 3. The van der Waals surface area contributed by atoms with Gasteiger partial charge in [-0.05, 0) is 24.3 Å². The Morgan fingerprint density at radius 3 is 2.29 bits per heavy atom. The van der Waals surface area contributed by atoms with Crippen LogP contribution in [0.4, 0.5) is 18.9 Å². The van der Waals surface area contributed by atoms with E-state index < -0.39 is 39.6 Å². The van der Waals surface area contributed by atoms with Crippen LogP contribution in [-0.4, -0.2) is 4.92 Å². The van der Waals surface area contributed by atoms with Gasteiger partial charge in [-0.3, -0.25) is 10.1 Å². The first kappa shape index (κ1) is 14.3. The summed E-state index contributed by atoms with van der Waals surface area (Å²) in [4.78, 5) is 9.82. The number of hydrogen-bond donors (Lipinski definition) is 0. The van der Waals surface area contributed by atoms with E-state index in [1.807, 2.05) is 0 Å². The van der Waals surface area contributed by atoms with E-state index in [9.17, 15) is 23.3 Å². The Bertz CT molecular complexity index is 749. The first-order valence-corrected chi connectivity index (χ1v) is 5.43. The van der Waals surface area contributed by atoms with Gasteiger partial charge in [0.25, 0.3) is 0 Å². The number of nitriles is 1. The SMILES string of the molecule is N#Cc1cc(F)c(Oc2ccc(F)cc2[N+](=O)[O-])c(F)c1. The minimum Gasteiger partial charge on any atom is -0.444 e. The number of nitrogens with zero attached hydrogens (tertiary/aromatic N) is 2. The van der Waals surface area contributed by atoms with Crippen LogP contribution in [0.2, 0.25) is 0 Å². The predicted octanol–water partition coefficient (Wildman–Crippen LogP) is 3.68. The number of nitro benzene ring substituents is 1. The van der Waals surface area contributed by atoms with Gasteiger partial charge in [-0.15, -0.1) is 0 Å². The molecule has 0 radical (unpaired) electrons. The van der Waals surface area contributed by atoms with E-state index in [2.05, 4.69) is 0 Å². The minimum absolute atomic E-state index is 0.272. The number of hydrogen-bond acceptors (Lipinski definition) is 4. The molecule has 0 N–H and O–H groups in total. The second-order valence-corrected chi connectivity index (χ2v) is 3.85. The lowest BCUT2D eigenvalue weighted by molar-refractivity contribution is -0.385. The quantitative estimate of drug-likeness (QED) is 0.639. The summed E-state index contributed by atoms with van der Waals surface area (Å²) in [6, 6.07) is 5.27. The van der Waals surface area contributed by atoms with Crippen LogP contribution in [0.5, 0.6) is 11.5 Å². The molecule has 0 amide bonds. The summed E-state index contributed by atoms with van der Waals surface area (Å²) in [5.74, 6) is -4.74. The maximum Gasteiger partial charge on any atom is 0.314 e. The van der Waals surface area contributed by atoms with Crippen molar-refractivity contribution in [2.75, 3.05) is 0 Å². The largest absolute Gasteiger partial charge is 0.444 e. The van der Waals surface area contributed by atoms with E-state index >= 15 is 0 Å². The van der Waals surface area contributed by atoms with Gasteiger partial charge >= 0.3 is 5.69 Å². The van der Waals surface area contributed by atoms with Gasteiger partial charge in [0.15, 0.2) is 17.4 Å². The molecule has 106 valence electrons. The number of benzene rings is 2. The molecule has 8 heteroatoms. The molecule has 0 fully saturated rings. The molecule has 0 atom stereocenters. The normalized spacial score (nSPS) is 10.0. The molecular formula is C13H5F3N2O3. The Hall–Kier alpha value is -3.08. The lowest BCUT2D eigenvalue weighted by atomic mass is 10.2. The van der Waals surface area contributed by atoms with Crippen molar-refractivity contribution in [2.45, 2.75) is 0 Å². The van der Waals surface area contributed by atoms with Crippen molar-refractivity contribution < 1.29 is 22.8 Å². The predicted molar refractivity (Wildman–Crippen MR) is 64.2 cm³/mol. The lowest BCUT2D eigenvalue weighted by Crippen LogP contribution is -1.98. The molecule has 2 rings (SSSR count). The third-order valence-corrected chi connectivity index (χ3v) is 2.46. The fraction of sp³-hybridized carbons (Fsp3) is 0. The first-order valence-electron chi connectivity index (χ1n) is 5.43. The Morgan fingerprint density at radius 1 is 1.14 bits per heavy atom. The molecule has 0 heterocycles. The van der Waals surface area contributed by atoms with Crippen molar-refractivity contribution in [2.24, 2.45) is 0 Å². The fourth-order valence-electron chi connectivity index (χ4n) is 1.55. The molecule has 0 saturated carbocycles. The van der Waals surface area contributed by atoms with Crippen LogP contribution in [0.1, 0.15) is 5.56 Å². The lowest BCUT2D eigenvalue weighted by Gasteiger charge is -2.08.